The van der Waals surface area contributed by atoms with Crippen LogP contribution in [0.2, 0.25) is 0 Å². The summed E-state index contributed by atoms with van der Waals surface area (Å²) in [5.74, 6) is 1.22. The van der Waals surface area contributed by atoms with E-state index in [0.717, 1.165) is 12.5 Å². The smallest absolute Gasteiger partial charge is 0.108 e. The molecular formula is C16H24N2O. The molecule has 3 heteroatoms. The number of aryl methyl sites for hydroxylation is 1. The summed E-state index contributed by atoms with van der Waals surface area (Å²) in [7, 11) is 0. The predicted octanol–water partition coefficient (Wildman–Crippen LogP) is 2.87. The highest BCUT2D eigenvalue weighted by Gasteiger charge is 2.33. The van der Waals surface area contributed by atoms with Crippen molar-refractivity contribution in [3.05, 3.63) is 23.7 Å². The molecule has 19 heavy (non-hydrogen) atoms. The van der Waals surface area contributed by atoms with Crippen LogP contribution in [-0.2, 0) is 6.42 Å². The van der Waals surface area contributed by atoms with Crippen LogP contribution >= 0.6 is 0 Å². The lowest BCUT2D eigenvalue weighted by Gasteiger charge is -2.37. The van der Waals surface area contributed by atoms with Gasteiger partial charge in [-0.05, 0) is 57.7 Å². The van der Waals surface area contributed by atoms with E-state index in [0.29, 0.717) is 12.1 Å². The van der Waals surface area contributed by atoms with Crippen molar-refractivity contribution in [2.75, 3.05) is 13.1 Å². The van der Waals surface area contributed by atoms with Crippen LogP contribution in [0, 0.1) is 0 Å². The standard InChI is InChI=1S/C16H24N2O/c1-4-15(14-7-10-19-16(14)5-1)17-12-6-9-18-8-2-3-13(18)11-12/h7,10,12-13,15,17H,1-6,8-9,11H2. The Bertz CT molecular complexity index is 442. The van der Waals surface area contributed by atoms with Gasteiger partial charge in [-0.25, -0.2) is 0 Å². The molecule has 3 aliphatic rings. The van der Waals surface area contributed by atoms with Crippen molar-refractivity contribution < 1.29 is 4.42 Å². The maximum Gasteiger partial charge on any atom is 0.108 e. The van der Waals surface area contributed by atoms with Gasteiger partial charge in [-0.3, -0.25) is 0 Å². The van der Waals surface area contributed by atoms with Crippen molar-refractivity contribution in [3.8, 4) is 0 Å². The molecule has 0 saturated carbocycles. The van der Waals surface area contributed by atoms with E-state index in [2.05, 4.69) is 16.3 Å². The van der Waals surface area contributed by atoms with Crippen molar-refractivity contribution in [2.45, 2.75) is 63.1 Å². The molecule has 3 unspecified atom stereocenters. The molecule has 1 N–H and O–H groups in total. The first kappa shape index (κ1) is 12.0. The molecule has 0 bridgehead atoms. The fourth-order valence-corrected chi connectivity index (χ4v) is 4.32. The topological polar surface area (TPSA) is 28.4 Å². The number of hydrogen-bond acceptors (Lipinski definition) is 3. The third-order valence-corrected chi connectivity index (χ3v) is 5.31. The van der Waals surface area contributed by atoms with Crippen LogP contribution in [0.15, 0.2) is 16.7 Å². The monoisotopic (exact) mass is 260 g/mol. The highest BCUT2D eigenvalue weighted by molar-refractivity contribution is 5.24. The van der Waals surface area contributed by atoms with Crippen molar-refractivity contribution in [1.82, 2.24) is 10.2 Å². The summed E-state index contributed by atoms with van der Waals surface area (Å²) in [6.45, 7) is 2.64. The van der Waals surface area contributed by atoms with E-state index < -0.39 is 0 Å². The first-order chi connectivity index (χ1) is 9.40. The maximum atomic E-state index is 5.60. The molecule has 1 aliphatic carbocycles. The van der Waals surface area contributed by atoms with Crippen molar-refractivity contribution >= 4 is 0 Å². The second-order valence-corrected chi connectivity index (χ2v) is 6.46. The lowest BCUT2D eigenvalue weighted by Crippen LogP contribution is -2.46. The molecule has 1 aromatic rings. The van der Waals surface area contributed by atoms with Crippen molar-refractivity contribution in [3.63, 3.8) is 0 Å². The Kier molecular flexibility index (Phi) is 3.12. The van der Waals surface area contributed by atoms with Crippen molar-refractivity contribution in [2.24, 2.45) is 0 Å². The highest BCUT2D eigenvalue weighted by Crippen LogP contribution is 2.33. The van der Waals surface area contributed by atoms with Crippen LogP contribution < -0.4 is 5.32 Å². The minimum atomic E-state index is 0.542. The fraction of sp³-hybridized carbons (Fsp3) is 0.750. The van der Waals surface area contributed by atoms with Crippen LogP contribution in [0.4, 0.5) is 0 Å². The zero-order valence-electron chi connectivity index (χ0n) is 11.6. The fourth-order valence-electron chi connectivity index (χ4n) is 4.32. The number of piperidine rings is 1. The normalized spacial score (nSPS) is 35.1. The summed E-state index contributed by atoms with van der Waals surface area (Å²) in [6, 6.07) is 4.29. The van der Waals surface area contributed by atoms with Gasteiger partial charge in [-0.1, -0.05) is 0 Å². The molecule has 2 aliphatic heterocycles. The Morgan fingerprint density at radius 1 is 1.16 bits per heavy atom. The van der Waals surface area contributed by atoms with E-state index in [-0.39, 0.29) is 0 Å². The van der Waals surface area contributed by atoms with Gasteiger partial charge in [-0.15, -0.1) is 0 Å². The van der Waals surface area contributed by atoms with Gasteiger partial charge in [0, 0.05) is 30.1 Å². The Morgan fingerprint density at radius 3 is 3.16 bits per heavy atom. The van der Waals surface area contributed by atoms with E-state index >= 15 is 0 Å². The molecule has 0 aromatic carbocycles. The van der Waals surface area contributed by atoms with Gasteiger partial charge in [0.25, 0.3) is 0 Å². The Labute approximate surface area is 115 Å². The van der Waals surface area contributed by atoms with Gasteiger partial charge in [0.1, 0.15) is 5.76 Å². The molecule has 3 nitrogen and oxygen atoms in total. The minimum Gasteiger partial charge on any atom is -0.469 e. The summed E-state index contributed by atoms with van der Waals surface area (Å²) >= 11 is 0. The Morgan fingerprint density at radius 2 is 2.16 bits per heavy atom. The molecule has 1 aromatic heterocycles. The van der Waals surface area contributed by atoms with E-state index in [1.54, 1.807) is 0 Å². The van der Waals surface area contributed by atoms with Gasteiger partial charge >= 0.3 is 0 Å². The highest BCUT2D eigenvalue weighted by atomic mass is 16.3. The van der Waals surface area contributed by atoms with Gasteiger partial charge in [0.2, 0.25) is 0 Å². The molecule has 104 valence electrons. The van der Waals surface area contributed by atoms with Gasteiger partial charge in [0.15, 0.2) is 0 Å². The number of fused-ring (bicyclic) bond motifs is 2. The predicted molar refractivity (Wildman–Crippen MR) is 75.1 cm³/mol. The number of hydrogen-bond donors (Lipinski definition) is 1. The maximum absolute atomic E-state index is 5.60. The average molecular weight is 260 g/mol. The first-order valence-electron chi connectivity index (χ1n) is 7.96. The van der Waals surface area contributed by atoms with Crippen LogP contribution in [-0.4, -0.2) is 30.1 Å². The van der Waals surface area contributed by atoms with Gasteiger partial charge in [0.05, 0.1) is 6.26 Å². The second kappa shape index (κ2) is 4.95. The molecule has 3 heterocycles. The molecule has 0 radical (unpaired) electrons. The molecule has 2 saturated heterocycles. The molecule has 4 rings (SSSR count). The third-order valence-electron chi connectivity index (χ3n) is 5.31. The number of furan rings is 1. The quantitative estimate of drug-likeness (QED) is 0.886. The van der Waals surface area contributed by atoms with Crippen LogP contribution in [0.3, 0.4) is 0 Å². The third kappa shape index (κ3) is 2.23. The molecule has 2 fully saturated rings. The SMILES string of the molecule is c1cc2c(o1)CCCC2NC1CCN2CCCC2C1. The van der Waals surface area contributed by atoms with E-state index in [9.17, 15) is 0 Å². The molecular weight excluding hydrogens is 236 g/mol. The average Bonchev–Trinajstić information content (AvgIpc) is 3.06. The van der Waals surface area contributed by atoms with Crippen molar-refractivity contribution in [1.29, 1.82) is 0 Å². The zero-order chi connectivity index (χ0) is 12.7. The molecule has 0 amide bonds. The Hall–Kier alpha value is -0.800. The van der Waals surface area contributed by atoms with E-state index in [1.165, 1.54) is 62.9 Å². The number of rotatable bonds is 2. The number of nitrogens with one attached hydrogen (secondary N) is 1. The lowest BCUT2D eigenvalue weighted by atomic mass is 9.90. The first-order valence-corrected chi connectivity index (χ1v) is 7.96. The largest absolute Gasteiger partial charge is 0.469 e. The summed E-state index contributed by atoms with van der Waals surface area (Å²) in [5.41, 5.74) is 1.43. The van der Waals surface area contributed by atoms with Crippen LogP contribution in [0.1, 0.15) is 55.9 Å². The van der Waals surface area contributed by atoms with Crippen LogP contribution in [0.5, 0.6) is 0 Å². The Balaban J connectivity index is 1.42. The van der Waals surface area contributed by atoms with Gasteiger partial charge in [-0.2, -0.15) is 0 Å². The van der Waals surface area contributed by atoms with E-state index in [1.807, 2.05) is 6.26 Å². The summed E-state index contributed by atoms with van der Waals surface area (Å²) in [5, 5.41) is 3.93. The van der Waals surface area contributed by atoms with Gasteiger partial charge < -0.3 is 14.6 Å². The molecule has 3 atom stereocenters. The molecule has 0 spiro atoms. The summed E-state index contributed by atoms with van der Waals surface area (Å²) in [4.78, 5) is 2.70. The van der Waals surface area contributed by atoms with E-state index in [4.69, 9.17) is 4.42 Å². The summed E-state index contributed by atoms with van der Waals surface area (Å²) < 4.78 is 5.60. The summed E-state index contributed by atoms with van der Waals surface area (Å²) in [6.07, 6.45) is 11.0. The minimum absolute atomic E-state index is 0.542. The van der Waals surface area contributed by atoms with Crippen LogP contribution in [0.25, 0.3) is 0 Å². The second-order valence-electron chi connectivity index (χ2n) is 6.46. The zero-order valence-corrected chi connectivity index (χ0v) is 11.6. The number of nitrogens with zero attached hydrogens (tertiary/aromatic N) is 1. The lowest BCUT2D eigenvalue weighted by molar-refractivity contribution is 0.158.